The Labute approximate surface area is 193 Å². The summed E-state index contributed by atoms with van der Waals surface area (Å²) in [4.78, 5) is 33.8. The van der Waals surface area contributed by atoms with Crippen molar-refractivity contribution in [2.24, 2.45) is 0 Å². The second-order valence-corrected chi connectivity index (χ2v) is 8.85. The summed E-state index contributed by atoms with van der Waals surface area (Å²) >= 11 is 0. The highest BCUT2D eigenvalue weighted by Crippen LogP contribution is 2.36. The van der Waals surface area contributed by atoms with E-state index in [-0.39, 0.29) is 5.56 Å². The molecule has 0 unspecified atom stereocenters. The summed E-state index contributed by atoms with van der Waals surface area (Å²) in [6, 6.07) is 22.0. The molecule has 2 aromatic heterocycles. The Morgan fingerprint density at radius 2 is 1.53 bits per heavy atom. The minimum atomic E-state index is -0.882. The maximum atomic E-state index is 13.9. The van der Waals surface area contributed by atoms with Crippen molar-refractivity contribution in [2.75, 3.05) is 31.1 Å². The lowest BCUT2D eigenvalue weighted by molar-refractivity contribution is 0.142. The first-order valence-electron chi connectivity index (χ1n) is 11.4. The first kappa shape index (κ1) is 19.1. The molecule has 166 valence electrons. The van der Waals surface area contributed by atoms with Gasteiger partial charge in [-0.15, -0.1) is 0 Å². The molecule has 0 spiro atoms. The molecule has 7 rings (SSSR count). The summed E-state index contributed by atoms with van der Waals surface area (Å²) < 4.78 is 1.75. The van der Waals surface area contributed by atoms with Gasteiger partial charge in [0.1, 0.15) is 5.65 Å². The van der Waals surface area contributed by atoms with Crippen LogP contribution < -0.4 is 10.5 Å². The first-order valence-corrected chi connectivity index (χ1v) is 11.4. The number of benzene rings is 4. The van der Waals surface area contributed by atoms with Crippen LogP contribution in [0.25, 0.3) is 49.0 Å². The van der Waals surface area contributed by atoms with Gasteiger partial charge >= 0.3 is 6.09 Å². The zero-order valence-corrected chi connectivity index (χ0v) is 18.2. The molecule has 1 N–H and O–H groups in total. The van der Waals surface area contributed by atoms with Crippen LogP contribution >= 0.6 is 0 Å². The number of amides is 1. The van der Waals surface area contributed by atoms with Crippen LogP contribution in [-0.4, -0.2) is 51.7 Å². The van der Waals surface area contributed by atoms with E-state index >= 15 is 0 Å². The van der Waals surface area contributed by atoms with Gasteiger partial charge in [-0.1, -0.05) is 36.4 Å². The van der Waals surface area contributed by atoms with E-state index in [1.165, 1.54) is 4.90 Å². The fourth-order valence-electron chi connectivity index (χ4n) is 5.54. The summed E-state index contributed by atoms with van der Waals surface area (Å²) in [7, 11) is 0. The highest BCUT2D eigenvalue weighted by molar-refractivity contribution is 6.19. The molecule has 1 aliphatic rings. The number of piperazine rings is 1. The molecule has 1 saturated heterocycles. The lowest BCUT2D eigenvalue weighted by atomic mass is 9.99. The number of pyridine rings is 1. The highest BCUT2D eigenvalue weighted by Gasteiger charge is 2.23. The lowest BCUT2D eigenvalue weighted by Gasteiger charge is -2.35. The predicted molar refractivity (Wildman–Crippen MR) is 134 cm³/mol. The van der Waals surface area contributed by atoms with Crippen molar-refractivity contribution in [3.63, 3.8) is 0 Å². The maximum Gasteiger partial charge on any atom is 0.407 e. The molecule has 7 nitrogen and oxygen atoms in total. The SMILES string of the molecule is O=C(O)N1CCN(c2ccc3c4c2cccc4c(=O)n2c4cccc5cccc(nc32)c54)CC1. The van der Waals surface area contributed by atoms with Gasteiger partial charge in [-0.2, -0.15) is 0 Å². The van der Waals surface area contributed by atoms with Gasteiger partial charge < -0.3 is 14.9 Å². The van der Waals surface area contributed by atoms with Crippen molar-refractivity contribution < 1.29 is 9.90 Å². The van der Waals surface area contributed by atoms with Crippen LogP contribution in [-0.2, 0) is 0 Å². The first-order chi connectivity index (χ1) is 16.6. The summed E-state index contributed by atoms with van der Waals surface area (Å²) in [5.41, 5.74) is 3.33. The Hall–Kier alpha value is -4.39. The third-order valence-electron chi connectivity index (χ3n) is 7.12. The Kier molecular flexibility index (Phi) is 3.83. The molecule has 3 heterocycles. The summed E-state index contributed by atoms with van der Waals surface area (Å²) in [5.74, 6) is 0. The Morgan fingerprint density at radius 1 is 0.794 bits per heavy atom. The van der Waals surface area contributed by atoms with Gasteiger partial charge in [-0.3, -0.25) is 9.20 Å². The van der Waals surface area contributed by atoms with Gasteiger partial charge in [-0.25, -0.2) is 9.78 Å². The molecule has 1 amide bonds. The monoisotopic (exact) mass is 448 g/mol. The zero-order valence-electron chi connectivity index (χ0n) is 18.2. The Balaban J connectivity index is 1.55. The van der Waals surface area contributed by atoms with Crippen molar-refractivity contribution >= 4 is 60.8 Å². The number of fused-ring (bicyclic) bond motifs is 3. The van der Waals surface area contributed by atoms with E-state index in [1.807, 2.05) is 54.6 Å². The fraction of sp³-hybridized carbons (Fsp3) is 0.148. The normalized spacial score (nSPS) is 14.8. The van der Waals surface area contributed by atoms with E-state index in [0.29, 0.717) is 37.2 Å². The van der Waals surface area contributed by atoms with Crippen LogP contribution in [0.5, 0.6) is 0 Å². The molecule has 7 heteroatoms. The number of anilines is 1. The van der Waals surface area contributed by atoms with Gasteiger partial charge in [0.05, 0.1) is 11.0 Å². The number of hydrogen-bond donors (Lipinski definition) is 1. The minimum absolute atomic E-state index is 0.0771. The minimum Gasteiger partial charge on any atom is -0.465 e. The molecule has 0 saturated carbocycles. The highest BCUT2D eigenvalue weighted by atomic mass is 16.4. The van der Waals surface area contributed by atoms with Crippen LogP contribution in [0.1, 0.15) is 0 Å². The van der Waals surface area contributed by atoms with Crippen molar-refractivity contribution in [1.82, 2.24) is 14.3 Å². The Morgan fingerprint density at radius 3 is 2.32 bits per heavy atom. The summed E-state index contributed by atoms with van der Waals surface area (Å²) in [6.07, 6.45) is -0.882. The molecule has 0 bridgehead atoms. The van der Waals surface area contributed by atoms with E-state index in [2.05, 4.69) is 17.0 Å². The quantitative estimate of drug-likeness (QED) is 0.295. The summed E-state index contributed by atoms with van der Waals surface area (Å²) in [6.45, 7) is 2.14. The average Bonchev–Trinajstić information content (AvgIpc) is 2.87. The lowest BCUT2D eigenvalue weighted by Crippen LogP contribution is -2.48. The van der Waals surface area contributed by atoms with Crippen LogP contribution in [0.15, 0.2) is 71.5 Å². The molecule has 34 heavy (non-hydrogen) atoms. The molecule has 0 aliphatic carbocycles. The van der Waals surface area contributed by atoms with Crippen molar-refractivity contribution in [3.05, 3.63) is 77.1 Å². The molecule has 6 aromatic rings. The average molecular weight is 448 g/mol. The molecular weight excluding hydrogens is 428 g/mol. The third-order valence-corrected chi connectivity index (χ3v) is 7.12. The smallest absolute Gasteiger partial charge is 0.407 e. The van der Waals surface area contributed by atoms with Crippen molar-refractivity contribution in [2.45, 2.75) is 0 Å². The number of aromatic nitrogens is 2. The van der Waals surface area contributed by atoms with Crippen LogP contribution in [0.3, 0.4) is 0 Å². The predicted octanol–water partition coefficient (Wildman–Crippen LogP) is 4.55. The van der Waals surface area contributed by atoms with E-state index in [1.54, 1.807) is 4.40 Å². The zero-order chi connectivity index (χ0) is 23.0. The van der Waals surface area contributed by atoms with Gasteiger partial charge in [-0.05, 0) is 35.7 Å². The number of nitrogens with zero attached hydrogens (tertiary/aromatic N) is 4. The number of carboxylic acid groups (broad SMARTS) is 1. The fourth-order valence-corrected chi connectivity index (χ4v) is 5.54. The molecule has 4 aromatic carbocycles. The standard InChI is InChI=1S/C27H20N4O3/c32-26-19-7-3-6-17-21(29-12-14-30(15-13-29)27(33)34)11-10-18(24(17)19)25-28-20-8-1-4-16-5-2-9-22(23(16)20)31(25)26/h1-11H,12-15H2,(H,33,34). The maximum absolute atomic E-state index is 13.9. The summed E-state index contributed by atoms with van der Waals surface area (Å²) in [5, 5.41) is 14.8. The molecule has 0 radical (unpaired) electrons. The Bertz CT molecular complexity index is 1830. The van der Waals surface area contributed by atoms with E-state index in [4.69, 9.17) is 4.98 Å². The second-order valence-electron chi connectivity index (χ2n) is 8.85. The second kappa shape index (κ2) is 6.81. The number of hydrogen-bond acceptors (Lipinski definition) is 4. The van der Waals surface area contributed by atoms with Crippen molar-refractivity contribution in [1.29, 1.82) is 0 Å². The molecule has 0 atom stereocenters. The van der Waals surface area contributed by atoms with Crippen LogP contribution in [0, 0.1) is 0 Å². The number of carbonyl (C=O) groups is 1. The van der Waals surface area contributed by atoms with Gasteiger partial charge in [0.25, 0.3) is 5.56 Å². The van der Waals surface area contributed by atoms with Crippen LogP contribution in [0.2, 0.25) is 0 Å². The van der Waals surface area contributed by atoms with Gasteiger partial charge in [0, 0.05) is 58.8 Å². The van der Waals surface area contributed by atoms with Gasteiger partial charge in [0.15, 0.2) is 0 Å². The number of rotatable bonds is 1. The molecule has 1 aliphatic heterocycles. The van der Waals surface area contributed by atoms with E-state index in [0.717, 1.165) is 43.7 Å². The molecular formula is C27H20N4O3. The van der Waals surface area contributed by atoms with E-state index < -0.39 is 6.09 Å². The van der Waals surface area contributed by atoms with Gasteiger partial charge in [0.2, 0.25) is 0 Å². The van der Waals surface area contributed by atoms with Crippen molar-refractivity contribution in [3.8, 4) is 0 Å². The topological polar surface area (TPSA) is 78.2 Å². The van der Waals surface area contributed by atoms with Crippen LogP contribution in [0.4, 0.5) is 10.5 Å². The molecule has 1 fully saturated rings. The van der Waals surface area contributed by atoms with E-state index in [9.17, 15) is 14.7 Å². The largest absolute Gasteiger partial charge is 0.465 e. The third kappa shape index (κ3) is 2.49.